The lowest BCUT2D eigenvalue weighted by Gasteiger charge is -2.59. The molecule has 1 aliphatic carbocycles. The molecule has 4 fully saturated rings. The molecular formula is C24H28N2O4. The number of fused-ring (bicyclic) bond motifs is 1. The largest absolute Gasteiger partial charge is 0.394 e. The highest BCUT2D eigenvalue weighted by Gasteiger charge is 2.54. The van der Waals surface area contributed by atoms with Gasteiger partial charge in [0.15, 0.2) is 0 Å². The number of carbonyl (C=O) groups excluding carboxylic acids is 2. The van der Waals surface area contributed by atoms with E-state index in [1.807, 2.05) is 12.1 Å². The molecule has 1 saturated carbocycles. The first-order valence-corrected chi connectivity index (χ1v) is 11.1. The summed E-state index contributed by atoms with van der Waals surface area (Å²) in [7, 11) is 0. The fourth-order valence-electron chi connectivity index (χ4n) is 5.07. The second kappa shape index (κ2) is 8.05. The number of nitrogens with zero attached hydrogens (tertiary/aromatic N) is 2. The van der Waals surface area contributed by atoms with Crippen molar-refractivity contribution in [3.05, 3.63) is 35.4 Å². The highest BCUT2D eigenvalue weighted by molar-refractivity contribution is 5.88. The molecule has 0 unspecified atom stereocenters. The fourth-order valence-corrected chi connectivity index (χ4v) is 5.07. The number of aliphatic hydroxyl groups is 1. The Kier molecular flexibility index (Phi) is 5.26. The van der Waals surface area contributed by atoms with Crippen LogP contribution in [0.5, 0.6) is 0 Å². The van der Waals surface area contributed by atoms with Crippen molar-refractivity contribution >= 4 is 11.8 Å². The summed E-state index contributed by atoms with van der Waals surface area (Å²) in [5.41, 5.74) is 2.10. The standard InChI is InChI=1S/C24H28N2O4/c27-15-21-23(18-7-5-17(6-8-18)4-3-16-1-2-16)20-13-25(14-22(28)26(20)21)24(29)19-9-11-30-12-10-19/h5-8,16,19-21,23,27H,1-2,9-15H2/t20-,21+,23-/m1/s1. The molecule has 3 saturated heterocycles. The van der Waals surface area contributed by atoms with E-state index >= 15 is 0 Å². The van der Waals surface area contributed by atoms with E-state index < -0.39 is 0 Å². The van der Waals surface area contributed by atoms with Gasteiger partial charge < -0.3 is 19.6 Å². The summed E-state index contributed by atoms with van der Waals surface area (Å²) in [6.07, 6.45) is 3.87. The van der Waals surface area contributed by atoms with Crippen LogP contribution in [0.25, 0.3) is 0 Å². The van der Waals surface area contributed by atoms with Crippen molar-refractivity contribution in [3.8, 4) is 11.8 Å². The molecule has 1 aromatic rings. The third-order valence-corrected chi connectivity index (χ3v) is 6.93. The van der Waals surface area contributed by atoms with Gasteiger partial charge >= 0.3 is 0 Å². The summed E-state index contributed by atoms with van der Waals surface area (Å²) in [5.74, 6) is 7.07. The molecule has 4 aliphatic rings. The van der Waals surface area contributed by atoms with Gasteiger partial charge in [-0.3, -0.25) is 9.59 Å². The van der Waals surface area contributed by atoms with Gasteiger partial charge in [-0.05, 0) is 43.4 Å². The van der Waals surface area contributed by atoms with Crippen molar-refractivity contribution in [1.82, 2.24) is 9.80 Å². The molecule has 0 radical (unpaired) electrons. The monoisotopic (exact) mass is 408 g/mol. The summed E-state index contributed by atoms with van der Waals surface area (Å²) >= 11 is 0. The Bertz CT molecular complexity index is 877. The maximum atomic E-state index is 13.0. The van der Waals surface area contributed by atoms with Gasteiger partial charge in [0, 0.05) is 43.1 Å². The van der Waals surface area contributed by atoms with Gasteiger partial charge in [0.1, 0.15) is 0 Å². The summed E-state index contributed by atoms with van der Waals surface area (Å²) < 4.78 is 5.37. The predicted molar refractivity (Wildman–Crippen MR) is 110 cm³/mol. The van der Waals surface area contributed by atoms with Crippen LogP contribution >= 0.6 is 0 Å². The van der Waals surface area contributed by atoms with E-state index in [9.17, 15) is 14.7 Å². The van der Waals surface area contributed by atoms with Crippen LogP contribution in [0.4, 0.5) is 0 Å². The number of benzene rings is 1. The molecule has 0 spiro atoms. The van der Waals surface area contributed by atoms with Gasteiger partial charge in [-0.2, -0.15) is 0 Å². The number of ether oxygens (including phenoxy) is 1. The van der Waals surface area contributed by atoms with Gasteiger partial charge in [-0.15, -0.1) is 0 Å². The molecule has 30 heavy (non-hydrogen) atoms. The molecule has 1 N–H and O–H groups in total. The van der Waals surface area contributed by atoms with Crippen molar-refractivity contribution in [1.29, 1.82) is 0 Å². The van der Waals surface area contributed by atoms with E-state index in [1.165, 1.54) is 12.8 Å². The minimum Gasteiger partial charge on any atom is -0.394 e. The smallest absolute Gasteiger partial charge is 0.242 e. The van der Waals surface area contributed by atoms with Crippen molar-refractivity contribution in [2.75, 3.05) is 32.9 Å². The van der Waals surface area contributed by atoms with Gasteiger partial charge in [0.05, 0.1) is 25.2 Å². The summed E-state index contributed by atoms with van der Waals surface area (Å²) in [4.78, 5) is 29.3. The van der Waals surface area contributed by atoms with Crippen molar-refractivity contribution in [3.63, 3.8) is 0 Å². The molecule has 5 rings (SSSR count). The van der Waals surface area contributed by atoms with Gasteiger partial charge in [-0.25, -0.2) is 0 Å². The minimum absolute atomic E-state index is 0.0367. The van der Waals surface area contributed by atoms with E-state index in [0.29, 0.717) is 25.7 Å². The Morgan fingerprint density at radius 3 is 2.53 bits per heavy atom. The minimum atomic E-state index is -0.216. The van der Waals surface area contributed by atoms with Crippen LogP contribution in [0.2, 0.25) is 0 Å². The highest BCUT2D eigenvalue weighted by atomic mass is 16.5. The third-order valence-electron chi connectivity index (χ3n) is 6.93. The van der Waals surface area contributed by atoms with E-state index in [4.69, 9.17) is 4.74 Å². The molecule has 3 aliphatic heterocycles. The summed E-state index contributed by atoms with van der Waals surface area (Å²) in [6.45, 7) is 1.81. The Balaban J connectivity index is 1.32. The Labute approximate surface area is 177 Å². The van der Waals surface area contributed by atoms with Crippen molar-refractivity contribution in [2.45, 2.75) is 43.7 Å². The number of aliphatic hydroxyl groups excluding tert-OH is 1. The third kappa shape index (κ3) is 3.61. The maximum Gasteiger partial charge on any atom is 0.242 e. The molecule has 0 bridgehead atoms. The van der Waals surface area contributed by atoms with Crippen LogP contribution in [-0.2, 0) is 14.3 Å². The first kappa shape index (κ1) is 19.6. The molecule has 3 heterocycles. The number of carbonyl (C=O) groups is 2. The number of hydrogen-bond donors (Lipinski definition) is 1. The molecular weight excluding hydrogens is 380 g/mol. The molecule has 6 heteroatoms. The lowest BCUT2D eigenvalue weighted by atomic mass is 9.73. The highest BCUT2D eigenvalue weighted by Crippen LogP contribution is 2.43. The molecule has 158 valence electrons. The lowest BCUT2D eigenvalue weighted by molar-refractivity contribution is -0.169. The van der Waals surface area contributed by atoms with E-state index in [2.05, 4.69) is 24.0 Å². The van der Waals surface area contributed by atoms with Gasteiger partial charge in [-0.1, -0.05) is 24.0 Å². The Morgan fingerprint density at radius 2 is 1.87 bits per heavy atom. The van der Waals surface area contributed by atoms with Crippen LogP contribution in [-0.4, -0.2) is 71.7 Å². The Hall–Kier alpha value is -2.36. The zero-order valence-corrected chi connectivity index (χ0v) is 17.1. The van der Waals surface area contributed by atoms with Crippen molar-refractivity contribution in [2.24, 2.45) is 11.8 Å². The average Bonchev–Trinajstić information content (AvgIpc) is 3.59. The van der Waals surface area contributed by atoms with E-state index in [1.54, 1.807) is 9.80 Å². The van der Waals surface area contributed by atoms with Crippen LogP contribution in [0.1, 0.15) is 42.7 Å². The zero-order chi connectivity index (χ0) is 20.7. The van der Waals surface area contributed by atoms with Gasteiger partial charge in [0.2, 0.25) is 11.8 Å². The summed E-state index contributed by atoms with van der Waals surface area (Å²) in [6, 6.07) is 7.88. The SMILES string of the molecule is O=C(C1CCOCC1)N1CC(=O)N2[C@H](C1)[C@@H](c1ccc(C#CC3CC3)cc1)[C@@H]2CO. The number of amides is 2. The van der Waals surface area contributed by atoms with E-state index in [-0.39, 0.29) is 48.9 Å². The topological polar surface area (TPSA) is 70.1 Å². The normalized spacial score (nSPS) is 29.0. The molecule has 3 atom stereocenters. The molecule has 1 aromatic carbocycles. The van der Waals surface area contributed by atoms with Crippen LogP contribution in [0.3, 0.4) is 0 Å². The second-order valence-corrected chi connectivity index (χ2v) is 8.92. The molecule has 6 nitrogen and oxygen atoms in total. The van der Waals surface area contributed by atoms with Crippen LogP contribution < -0.4 is 0 Å². The maximum absolute atomic E-state index is 13.0. The Morgan fingerprint density at radius 1 is 1.13 bits per heavy atom. The van der Waals surface area contributed by atoms with Crippen LogP contribution in [0, 0.1) is 23.7 Å². The zero-order valence-electron chi connectivity index (χ0n) is 17.1. The predicted octanol–water partition coefficient (Wildman–Crippen LogP) is 1.37. The first-order valence-electron chi connectivity index (χ1n) is 11.1. The van der Waals surface area contributed by atoms with E-state index in [0.717, 1.165) is 24.0 Å². The number of rotatable bonds is 3. The number of hydrogen-bond acceptors (Lipinski definition) is 4. The first-order chi connectivity index (χ1) is 14.7. The van der Waals surface area contributed by atoms with Crippen molar-refractivity contribution < 1.29 is 19.4 Å². The van der Waals surface area contributed by atoms with Gasteiger partial charge in [0.25, 0.3) is 0 Å². The summed E-state index contributed by atoms with van der Waals surface area (Å²) in [5, 5.41) is 9.95. The number of piperazine rings is 1. The average molecular weight is 408 g/mol. The lowest BCUT2D eigenvalue weighted by Crippen LogP contribution is -2.73. The quantitative estimate of drug-likeness (QED) is 0.767. The second-order valence-electron chi connectivity index (χ2n) is 8.92. The van der Waals surface area contributed by atoms with Crippen LogP contribution in [0.15, 0.2) is 24.3 Å². The fraction of sp³-hybridized carbons (Fsp3) is 0.583. The molecule has 2 amide bonds. The molecule has 0 aromatic heterocycles.